The molecule has 2 aromatic heterocycles. The molecule has 456 valence electrons. The molecule has 6 aromatic rings. The third kappa shape index (κ3) is 16.5. The van der Waals surface area contributed by atoms with E-state index in [-0.39, 0.29) is 74.9 Å². The van der Waals surface area contributed by atoms with E-state index in [4.69, 9.17) is 14.2 Å². The van der Waals surface area contributed by atoms with Gasteiger partial charge in [-0.05, 0) is 130 Å². The summed E-state index contributed by atoms with van der Waals surface area (Å²) in [5.74, 6) is -2.17. The fourth-order valence-electron chi connectivity index (χ4n) is 10.2. The van der Waals surface area contributed by atoms with Gasteiger partial charge < -0.3 is 50.3 Å². The largest absolute Gasteiger partial charge is 0.491 e. The minimum absolute atomic E-state index is 0.0393. The van der Waals surface area contributed by atoms with Crippen LogP contribution in [0.4, 0.5) is 19.3 Å². The lowest BCUT2D eigenvalue weighted by Gasteiger charge is -2.42. The molecule has 2 aliphatic rings. The Morgan fingerprint density at radius 1 is 0.837 bits per heavy atom. The molecule has 4 aromatic carbocycles. The Kier molecular flexibility index (Phi) is 20.8. The van der Waals surface area contributed by atoms with Crippen molar-refractivity contribution in [3.63, 3.8) is 0 Å². The normalized spacial score (nSPS) is 15.4. The van der Waals surface area contributed by atoms with Crippen LogP contribution in [0.1, 0.15) is 118 Å². The Hall–Kier alpha value is -8.86. The van der Waals surface area contributed by atoms with Gasteiger partial charge in [0.25, 0.3) is 5.91 Å². The number of likely N-dealkylation sites (N-methyl/N-ethyl adjacent to an activating group) is 1. The summed E-state index contributed by atoms with van der Waals surface area (Å²) < 4.78 is 47.5. The minimum atomic E-state index is -1.10. The number of hydrogen-bond acceptors (Lipinski definition) is 14. The van der Waals surface area contributed by atoms with Gasteiger partial charge in [0.15, 0.2) is 11.6 Å². The van der Waals surface area contributed by atoms with Crippen LogP contribution >= 0.6 is 0 Å². The van der Waals surface area contributed by atoms with Crippen LogP contribution in [0.5, 0.6) is 5.75 Å². The third-order valence-electron chi connectivity index (χ3n) is 14.9. The lowest BCUT2D eigenvalue weighted by atomic mass is 9.83. The molecule has 5 N–H and O–H groups in total. The number of nitrogens with zero attached hydrogens (tertiary/aromatic N) is 7. The number of benzene rings is 4. The number of aryl methyl sites for hydroxylation is 1. The molecule has 86 heavy (non-hydrogen) atoms. The van der Waals surface area contributed by atoms with Gasteiger partial charge in [0.2, 0.25) is 23.6 Å². The van der Waals surface area contributed by atoms with Crippen LogP contribution in [0.15, 0.2) is 104 Å². The fraction of sp³-hybridized carbons (Fsp3) is 0.429. The van der Waals surface area contributed by atoms with Gasteiger partial charge in [-0.3, -0.25) is 28.9 Å². The number of anilines is 1. The van der Waals surface area contributed by atoms with E-state index >= 15 is 4.79 Å². The van der Waals surface area contributed by atoms with E-state index in [0.717, 1.165) is 48.1 Å². The lowest BCUT2D eigenvalue weighted by molar-refractivity contribution is -0.147. The predicted octanol–water partition coefficient (Wildman–Crippen LogP) is 7.39. The molecule has 3 heterocycles. The molecule has 0 bridgehead atoms. The first kappa shape index (κ1) is 63.2. The van der Waals surface area contributed by atoms with Gasteiger partial charge in [-0.1, -0.05) is 63.2 Å². The highest BCUT2D eigenvalue weighted by Gasteiger charge is 2.44. The number of carbonyl (C=O) groups is 6. The standard InChI is InChI=1S/C63H76F2N12O9/c1-39(75(8)61(83)86-63(5,6)7)57(79)72-55(62(2,3)4)60(82)77-36-43-32-45(24-23-41(43)33-52(77)59(81)71-50-22-12-16-40-15-9-10-19-46(40)50)85-30-29-84-37-54(78)67-26-14-28-76-53(73-74-56(76)51-25-27-66-38-70-51)35-68-44-18-11-17-42(31-44)58(80)69-34-47-48(64)20-13-21-49(47)65/h9-11,13,15,17-21,23-25,27,31-32,38-39,50,52,55,68H,12,14,16,22,26,28-30,33-37H2,1-8H3,(H,67,78)(H,69,80)(H,71,81)(H,72,79)/t39-,50+,52-,55?/m0/s1. The highest BCUT2D eigenvalue weighted by molar-refractivity contribution is 5.96. The number of amides is 6. The first-order chi connectivity index (χ1) is 41.0. The zero-order valence-electron chi connectivity index (χ0n) is 49.9. The highest BCUT2D eigenvalue weighted by Crippen LogP contribution is 2.34. The van der Waals surface area contributed by atoms with E-state index in [1.807, 2.05) is 55.7 Å². The summed E-state index contributed by atoms with van der Waals surface area (Å²) in [7, 11) is 1.46. The van der Waals surface area contributed by atoms with Gasteiger partial charge in [0.05, 0.1) is 19.2 Å². The van der Waals surface area contributed by atoms with Crippen molar-refractivity contribution in [1.82, 2.24) is 55.8 Å². The van der Waals surface area contributed by atoms with Gasteiger partial charge in [-0.25, -0.2) is 23.5 Å². The van der Waals surface area contributed by atoms with Gasteiger partial charge in [0.1, 0.15) is 66.3 Å². The van der Waals surface area contributed by atoms with E-state index < -0.39 is 64.6 Å². The van der Waals surface area contributed by atoms with Crippen molar-refractivity contribution < 1.29 is 51.8 Å². The van der Waals surface area contributed by atoms with Gasteiger partial charge in [-0.15, -0.1) is 10.2 Å². The topological polar surface area (TPSA) is 253 Å². The molecular formula is C63H76F2N12O9. The second-order valence-electron chi connectivity index (χ2n) is 23.5. The summed E-state index contributed by atoms with van der Waals surface area (Å²) >= 11 is 0. The summed E-state index contributed by atoms with van der Waals surface area (Å²) in [5, 5.41) is 23.7. The number of fused-ring (bicyclic) bond motifs is 2. The maximum absolute atomic E-state index is 15.1. The van der Waals surface area contributed by atoms with Crippen LogP contribution in [-0.2, 0) is 67.7 Å². The Bertz CT molecular complexity index is 3370. The average molecular weight is 1180 g/mol. The van der Waals surface area contributed by atoms with Crippen molar-refractivity contribution in [2.75, 3.05) is 38.7 Å². The maximum atomic E-state index is 15.1. The average Bonchev–Trinajstić information content (AvgIpc) is 2.60. The van der Waals surface area contributed by atoms with Gasteiger partial charge >= 0.3 is 6.09 Å². The van der Waals surface area contributed by atoms with Crippen LogP contribution in [-0.4, -0.2) is 127 Å². The zero-order valence-corrected chi connectivity index (χ0v) is 49.9. The summed E-state index contributed by atoms with van der Waals surface area (Å²) in [5.41, 5.74) is 3.38. The number of hydrogen-bond donors (Lipinski definition) is 5. The second kappa shape index (κ2) is 28.4. The Morgan fingerprint density at radius 2 is 1.60 bits per heavy atom. The molecule has 0 saturated carbocycles. The van der Waals surface area contributed by atoms with Crippen LogP contribution in [0, 0.1) is 17.0 Å². The smallest absolute Gasteiger partial charge is 0.410 e. The fourth-order valence-corrected chi connectivity index (χ4v) is 10.2. The summed E-state index contributed by atoms with van der Waals surface area (Å²) in [4.78, 5) is 93.5. The number of carbonyl (C=O) groups excluding carboxylic acids is 6. The monoisotopic (exact) mass is 1180 g/mol. The number of ether oxygens (including phenoxy) is 3. The maximum Gasteiger partial charge on any atom is 0.410 e. The van der Waals surface area contributed by atoms with Crippen molar-refractivity contribution in [1.29, 1.82) is 0 Å². The van der Waals surface area contributed by atoms with E-state index in [1.54, 1.807) is 70.3 Å². The number of halogens is 2. The molecule has 8 rings (SSSR count). The quantitative estimate of drug-likeness (QED) is 0.0393. The van der Waals surface area contributed by atoms with Crippen LogP contribution in [0.25, 0.3) is 11.5 Å². The van der Waals surface area contributed by atoms with E-state index in [0.29, 0.717) is 48.3 Å². The molecule has 21 nitrogen and oxygen atoms in total. The third-order valence-corrected chi connectivity index (χ3v) is 14.9. The SMILES string of the molecule is C[C@@H](C(=O)NC(C(=O)N1Cc2cc(OCCOCC(=O)NCCCn3c(CNc4cccc(C(=O)NCc5c(F)cccc5F)c4)nnc3-c3ccncn3)ccc2C[C@H]1C(=O)N[C@@H]1CCCc2ccccc21)C(C)(C)C)N(C)C(=O)OC(C)(C)C. The number of nitrogens with one attached hydrogen (secondary N) is 5. The molecule has 1 unspecified atom stereocenters. The number of aromatic nitrogens is 5. The zero-order chi connectivity index (χ0) is 61.7. The highest BCUT2D eigenvalue weighted by atomic mass is 19.1. The van der Waals surface area contributed by atoms with Crippen LogP contribution in [0.3, 0.4) is 0 Å². The van der Waals surface area contributed by atoms with Crippen LogP contribution in [0.2, 0.25) is 0 Å². The van der Waals surface area contributed by atoms with E-state index in [1.165, 1.54) is 34.8 Å². The van der Waals surface area contributed by atoms with E-state index in [2.05, 4.69) is 52.8 Å². The molecule has 4 atom stereocenters. The van der Waals surface area contributed by atoms with Crippen molar-refractivity contribution in [2.45, 2.75) is 137 Å². The lowest BCUT2D eigenvalue weighted by Crippen LogP contribution is -2.62. The summed E-state index contributed by atoms with van der Waals surface area (Å²) in [6.45, 7) is 12.8. The Labute approximate surface area is 499 Å². The molecule has 6 amide bonds. The van der Waals surface area contributed by atoms with Crippen molar-refractivity contribution in [2.24, 2.45) is 5.41 Å². The van der Waals surface area contributed by atoms with Crippen LogP contribution < -0.4 is 31.3 Å². The molecule has 1 aliphatic carbocycles. The summed E-state index contributed by atoms with van der Waals surface area (Å²) in [6.07, 6.45) is 5.55. The molecule has 0 radical (unpaired) electrons. The summed E-state index contributed by atoms with van der Waals surface area (Å²) in [6, 6.07) is 22.2. The molecule has 1 aliphatic heterocycles. The van der Waals surface area contributed by atoms with Crippen molar-refractivity contribution >= 4 is 41.3 Å². The second-order valence-corrected chi connectivity index (χ2v) is 23.5. The molecule has 0 saturated heterocycles. The molecule has 23 heteroatoms. The van der Waals surface area contributed by atoms with Gasteiger partial charge in [0, 0.05) is 62.7 Å². The molecule has 0 spiro atoms. The van der Waals surface area contributed by atoms with Gasteiger partial charge in [-0.2, -0.15) is 0 Å². The van der Waals surface area contributed by atoms with E-state index in [9.17, 15) is 32.8 Å². The first-order valence-corrected chi connectivity index (χ1v) is 28.8. The predicted molar refractivity (Wildman–Crippen MR) is 316 cm³/mol. The Morgan fingerprint density at radius 3 is 2.35 bits per heavy atom. The minimum Gasteiger partial charge on any atom is -0.491 e. The molecule has 0 fully saturated rings. The number of rotatable bonds is 23. The molecular weight excluding hydrogens is 1110 g/mol. The van der Waals surface area contributed by atoms with Crippen molar-refractivity contribution in [3.05, 3.63) is 154 Å². The Balaban J connectivity index is 0.850. The van der Waals surface area contributed by atoms with Crippen molar-refractivity contribution in [3.8, 4) is 17.3 Å². The first-order valence-electron chi connectivity index (χ1n) is 28.8.